The lowest BCUT2D eigenvalue weighted by atomic mass is 9.84. The maximum atomic E-state index is 11.6. The van der Waals surface area contributed by atoms with Gasteiger partial charge in [-0.05, 0) is 29.2 Å². The number of carbonyl (C=O) groups is 1. The van der Waals surface area contributed by atoms with E-state index in [-0.39, 0.29) is 17.5 Å². The fraction of sp³-hybridized carbons (Fsp3) is 0.500. The predicted molar refractivity (Wildman–Crippen MR) is 74.7 cm³/mol. The summed E-state index contributed by atoms with van der Waals surface area (Å²) < 4.78 is 11.2. The third-order valence-electron chi connectivity index (χ3n) is 2.72. The molecule has 1 aromatic carbocycles. The Hall–Kier alpha value is -0.870. The van der Waals surface area contributed by atoms with Gasteiger partial charge in [-0.25, -0.2) is 4.79 Å². The monoisotopic (exact) mass is 314 g/mol. The van der Waals surface area contributed by atoms with Gasteiger partial charge in [0.15, 0.2) is 0 Å². The average molecular weight is 315 g/mol. The van der Waals surface area contributed by atoms with Gasteiger partial charge in [0.05, 0.1) is 18.8 Å². The minimum Gasteiger partial charge on any atom is -0.465 e. The highest BCUT2D eigenvalue weighted by Crippen LogP contribution is 2.39. The molecule has 3 nitrogen and oxygen atoms in total. The van der Waals surface area contributed by atoms with Crippen LogP contribution in [0.1, 0.15) is 42.8 Å². The van der Waals surface area contributed by atoms with Crippen LogP contribution in [0.4, 0.5) is 0 Å². The van der Waals surface area contributed by atoms with Crippen LogP contribution in [-0.4, -0.2) is 20.2 Å². The van der Waals surface area contributed by atoms with Gasteiger partial charge in [0, 0.05) is 11.6 Å². The highest BCUT2D eigenvalue weighted by molar-refractivity contribution is 9.10. The first-order valence-electron chi connectivity index (χ1n) is 5.71. The Morgan fingerprint density at radius 1 is 1.28 bits per heavy atom. The zero-order valence-corrected chi connectivity index (χ0v) is 13.0. The number of methoxy groups -OCH3 is 2. The third-order valence-corrected chi connectivity index (χ3v) is 3.44. The number of rotatable bonds is 3. The van der Waals surface area contributed by atoms with Crippen molar-refractivity contribution < 1.29 is 14.3 Å². The van der Waals surface area contributed by atoms with Crippen LogP contribution < -0.4 is 0 Å². The Morgan fingerprint density at radius 2 is 1.89 bits per heavy atom. The van der Waals surface area contributed by atoms with Gasteiger partial charge in [0.1, 0.15) is 0 Å². The second kappa shape index (κ2) is 5.85. The summed E-state index contributed by atoms with van der Waals surface area (Å²) in [5.74, 6) is -0.340. The van der Waals surface area contributed by atoms with E-state index in [1.54, 1.807) is 13.2 Å². The van der Waals surface area contributed by atoms with E-state index >= 15 is 0 Å². The standard InChI is InChI=1S/C14H19BrO3/c1-14(2,3)12(17-4)10-8-9(13(16)18-5)6-7-11(10)15/h6-8,12H,1-5H3. The number of ether oxygens (including phenoxy) is 2. The number of hydrogen-bond acceptors (Lipinski definition) is 3. The SMILES string of the molecule is COC(=O)c1ccc(Br)c(C(OC)C(C)(C)C)c1. The summed E-state index contributed by atoms with van der Waals surface area (Å²) in [5.41, 5.74) is 1.42. The summed E-state index contributed by atoms with van der Waals surface area (Å²) in [4.78, 5) is 11.6. The van der Waals surface area contributed by atoms with Gasteiger partial charge in [0.25, 0.3) is 0 Å². The molecule has 0 fully saturated rings. The molecule has 1 unspecified atom stereocenters. The summed E-state index contributed by atoms with van der Waals surface area (Å²) in [5, 5.41) is 0. The van der Waals surface area contributed by atoms with Crippen molar-refractivity contribution in [2.45, 2.75) is 26.9 Å². The van der Waals surface area contributed by atoms with E-state index in [9.17, 15) is 4.79 Å². The van der Waals surface area contributed by atoms with Crippen LogP contribution in [-0.2, 0) is 9.47 Å². The van der Waals surface area contributed by atoms with Crippen molar-refractivity contribution in [3.8, 4) is 0 Å². The molecule has 0 aliphatic heterocycles. The summed E-state index contributed by atoms with van der Waals surface area (Å²) in [6.45, 7) is 6.29. The molecule has 4 heteroatoms. The van der Waals surface area contributed by atoms with E-state index in [1.165, 1.54) is 7.11 Å². The molecule has 0 N–H and O–H groups in total. The van der Waals surface area contributed by atoms with Crippen molar-refractivity contribution in [2.24, 2.45) is 5.41 Å². The molecular weight excluding hydrogens is 296 g/mol. The maximum Gasteiger partial charge on any atom is 0.337 e. The van der Waals surface area contributed by atoms with Crippen molar-refractivity contribution in [3.63, 3.8) is 0 Å². The lowest BCUT2D eigenvalue weighted by Crippen LogP contribution is -2.21. The molecular formula is C14H19BrO3. The molecule has 0 saturated heterocycles. The van der Waals surface area contributed by atoms with Gasteiger partial charge in [-0.3, -0.25) is 0 Å². The molecule has 0 spiro atoms. The molecule has 1 aromatic rings. The smallest absolute Gasteiger partial charge is 0.337 e. The van der Waals surface area contributed by atoms with E-state index in [0.717, 1.165) is 10.0 Å². The van der Waals surface area contributed by atoms with E-state index in [2.05, 4.69) is 36.7 Å². The molecule has 0 aliphatic carbocycles. The van der Waals surface area contributed by atoms with Crippen LogP contribution in [0.3, 0.4) is 0 Å². The Bertz CT molecular complexity index is 435. The van der Waals surface area contributed by atoms with Crippen molar-refractivity contribution >= 4 is 21.9 Å². The van der Waals surface area contributed by atoms with Gasteiger partial charge in [-0.1, -0.05) is 36.7 Å². The molecule has 18 heavy (non-hydrogen) atoms. The quantitative estimate of drug-likeness (QED) is 0.792. The third kappa shape index (κ3) is 3.33. The fourth-order valence-corrected chi connectivity index (χ4v) is 2.39. The molecule has 0 aliphatic rings. The Kier molecular flexibility index (Phi) is 4.93. The van der Waals surface area contributed by atoms with Crippen LogP contribution in [0.5, 0.6) is 0 Å². The number of benzene rings is 1. The maximum absolute atomic E-state index is 11.6. The summed E-state index contributed by atoms with van der Waals surface area (Å²) in [6.07, 6.45) is -0.100. The second-order valence-electron chi connectivity index (χ2n) is 5.21. The average Bonchev–Trinajstić information content (AvgIpc) is 2.29. The minimum absolute atomic E-state index is 0.0635. The normalized spacial score (nSPS) is 13.2. The van der Waals surface area contributed by atoms with Gasteiger partial charge in [-0.15, -0.1) is 0 Å². The molecule has 0 bridgehead atoms. The molecule has 0 heterocycles. The molecule has 0 aromatic heterocycles. The van der Waals surface area contributed by atoms with E-state index in [4.69, 9.17) is 9.47 Å². The van der Waals surface area contributed by atoms with E-state index in [0.29, 0.717) is 5.56 Å². The summed E-state index contributed by atoms with van der Waals surface area (Å²) in [6, 6.07) is 5.39. The van der Waals surface area contributed by atoms with E-state index in [1.807, 2.05) is 12.1 Å². The molecule has 0 amide bonds. The first-order chi connectivity index (χ1) is 8.31. The Balaban J connectivity index is 3.26. The highest BCUT2D eigenvalue weighted by atomic mass is 79.9. The number of hydrogen-bond donors (Lipinski definition) is 0. The van der Waals surface area contributed by atoms with Gasteiger partial charge >= 0.3 is 5.97 Å². The van der Waals surface area contributed by atoms with Crippen molar-refractivity contribution in [1.82, 2.24) is 0 Å². The van der Waals surface area contributed by atoms with Gasteiger partial charge in [0.2, 0.25) is 0 Å². The molecule has 1 atom stereocenters. The first-order valence-corrected chi connectivity index (χ1v) is 6.51. The Morgan fingerprint density at radius 3 is 2.33 bits per heavy atom. The lowest BCUT2D eigenvalue weighted by Gasteiger charge is -2.30. The summed E-state index contributed by atoms with van der Waals surface area (Å²) >= 11 is 3.50. The molecule has 0 saturated carbocycles. The number of halogens is 1. The van der Waals surface area contributed by atoms with Crippen molar-refractivity contribution in [3.05, 3.63) is 33.8 Å². The zero-order chi connectivity index (χ0) is 13.9. The summed E-state index contributed by atoms with van der Waals surface area (Å²) in [7, 11) is 3.05. The molecule has 100 valence electrons. The molecule has 0 radical (unpaired) electrons. The largest absolute Gasteiger partial charge is 0.465 e. The topological polar surface area (TPSA) is 35.5 Å². The lowest BCUT2D eigenvalue weighted by molar-refractivity contribution is 0.0146. The first kappa shape index (κ1) is 15.2. The van der Waals surface area contributed by atoms with Crippen LogP contribution in [0.25, 0.3) is 0 Å². The van der Waals surface area contributed by atoms with Crippen LogP contribution >= 0.6 is 15.9 Å². The minimum atomic E-state index is -0.340. The zero-order valence-electron chi connectivity index (χ0n) is 11.4. The van der Waals surface area contributed by atoms with Gasteiger partial charge in [-0.2, -0.15) is 0 Å². The Labute approximate surface area is 117 Å². The van der Waals surface area contributed by atoms with Gasteiger partial charge < -0.3 is 9.47 Å². The van der Waals surface area contributed by atoms with E-state index < -0.39 is 0 Å². The van der Waals surface area contributed by atoms with Crippen LogP contribution in [0.2, 0.25) is 0 Å². The number of carbonyl (C=O) groups excluding carboxylic acids is 1. The van der Waals surface area contributed by atoms with Crippen LogP contribution in [0, 0.1) is 5.41 Å². The molecule has 1 rings (SSSR count). The van der Waals surface area contributed by atoms with Crippen molar-refractivity contribution in [2.75, 3.05) is 14.2 Å². The predicted octanol–water partition coefficient (Wildman–Crippen LogP) is 3.97. The highest BCUT2D eigenvalue weighted by Gasteiger charge is 2.28. The van der Waals surface area contributed by atoms with Crippen molar-refractivity contribution in [1.29, 1.82) is 0 Å². The fourth-order valence-electron chi connectivity index (χ4n) is 1.94. The second-order valence-corrected chi connectivity index (χ2v) is 6.06. The van der Waals surface area contributed by atoms with Crippen LogP contribution in [0.15, 0.2) is 22.7 Å². The number of esters is 1.